The standard InChI is InChI=1S/C32H63N3O/c1-10-11-14-18-26(27-23-31(6,7)35-32(8,9)24-27)20-28(36)33-19-16-13-12-15-17-25-21-29(2,3)34-30(4,5)22-25/h25-27,34-35H,10-24H2,1-9H3,(H,33,36). The van der Waals surface area contributed by atoms with Crippen LogP contribution in [-0.2, 0) is 4.79 Å². The molecule has 3 N–H and O–H groups in total. The number of amides is 1. The molecule has 212 valence electrons. The van der Waals surface area contributed by atoms with Crippen LogP contribution in [0.4, 0.5) is 0 Å². The number of carbonyl (C=O) groups excluding carboxylic acids is 1. The van der Waals surface area contributed by atoms with Crippen molar-refractivity contribution in [2.75, 3.05) is 6.54 Å². The first-order valence-electron chi connectivity index (χ1n) is 15.5. The number of carbonyl (C=O) groups is 1. The van der Waals surface area contributed by atoms with Crippen molar-refractivity contribution in [1.82, 2.24) is 16.0 Å². The van der Waals surface area contributed by atoms with Crippen molar-refractivity contribution in [3.05, 3.63) is 0 Å². The Labute approximate surface area is 225 Å². The second-order valence-corrected chi connectivity index (χ2v) is 15.2. The zero-order chi connectivity index (χ0) is 27.0. The molecule has 0 radical (unpaired) electrons. The second-order valence-electron chi connectivity index (χ2n) is 15.2. The molecular weight excluding hydrogens is 442 g/mol. The maximum Gasteiger partial charge on any atom is 0.220 e. The topological polar surface area (TPSA) is 53.2 Å². The van der Waals surface area contributed by atoms with Crippen LogP contribution in [0.25, 0.3) is 0 Å². The average Bonchev–Trinajstić information content (AvgIpc) is 2.68. The fourth-order valence-corrected chi connectivity index (χ4v) is 8.08. The fourth-order valence-electron chi connectivity index (χ4n) is 8.08. The Kier molecular flexibility index (Phi) is 11.8. The van der Waals surface area contributed by atoms with Gasteiger partial charge in [0.25, 0.3) is 0 Å². The molecule has 2 heterocycles. The van der Waals surface area contributed by atoms with E-state index in [9.17, 15) is 4.79 Å². The molecule has 0 aromatic heterocycles. The minimum atomic E-state index is 0.144. The Balaban J connectivity index is 1.70. The lowest BCUT2D eigenvalue weighted by Crippen LogP contribution is -2.58. The van der Waals surface area contributed by atoms with E-state index in [1.807, 2.05) is 0 Å². The number of piperidine rings is 2. The van der Waals surface area contributed by atoms with E-state index in [0.29, 0.717) is 18.3 Å². The molecule has 4 heteroatoms. The molecule has 36 heavy (non-hydrogen) atoms. The molecule has 4 nitrogen and oxygen atoms in total. The number of rotatable bonds is 14. The number of nitrogens with one attached hydrogen (secondary N) is 3. The van der Waals surface area contributed by atoms with Gasteiger partial charge in [0.05, 0.1) is 0 Å². The number of hydrogen-bond donors (Lipinski definition) is 3. The van der Waals surface area contributed by atoms with Gasteiger partial charge in [-0.05, 0) is 112 Å². The molecule has 1 amide bonds. The summed E-state index contributed by atoms with van der Waals surface area (Å²) in [5, 5.41) is 10.9. The van der Waals surface area contributed by atoms with Crippen LogP contribution in [0.3, 0.4) is 0 Å². The summed E-state index contributed by atoms with van der Waals surface area (Å²) in [6.07, 6.45) is 16.9. The zero-order valence-corrected chi connectivity index (χ0v) is 25.7. The molecule has 2 rings (SSSR count). The Hall–Kier alpha value is -0.610. The Bertz CT molecular complexity index is 634. The lowest BCUT2D eigenvalue weighted by atomic mass is 9.69. The molecule has 0 aromatic rings. The number of hydrogen-bond acceptors (Lipinski definition) is 3. The van der Waals surface area contributed by atoms with Crippen LogP contribution in [0.2, 0.25) is 0 Å². The Morgan fingerprint density at radius 3 is 1.83 bits per heavy atom. The van der Waals surface area contributed by atoms with E-state index < -0.39 is 0 Å². The Morgan fingerprint density at radius 1 is 0.750 bits per heavy atom. The van der Waals surface area contributed by atoms with Crippen molar-refractivity contribution < 1.29 is 4.79 Å². The van der Waals surface area contributed by atoms with E-state index in [2.05, 4.69) is 78.3 Å². The van der Waals surface area contributed by atoms with E-state index in [4.69, 9.17) is 0 Å². The molecule has 2 fully saturated rings. The van der Waals surface area contributed by atoms with Gasteiger partial charge in [0.2, 0.25) is 5.91 Å². The summed E-state index contributed by atoms with van der Waals surface area (Å²) in [4.78, 5) is 12.9. The first-order chi connectivity index (χ1) is 16.6. The molecule has 0 bridgehead atoms. The lowest BCUT2D eigenvalue weighted by Gasteiger charge is -2.48. The smallest absolute Gasteiger partial charge is 0.220 e. The van der Waals surface area contributed by atoms with Gasteiger partial charge < -0.3 is 16.0 Å². The fraction of sp³-hybridized carbons (Fsp3) is 0.969. The summed E-state index contributed by atoms with van der Waals surface area (Å²) in [7, 11) is 0. The largest absolute Gasteiger partial charge is 0.356 e. The van der Waals surface area contributed by atoms with Gasteiger partial charge in [-0.2, -0.15) is 0 Å². The normalized spacial score (nSPS) is 24.4. The SMILES string of the molecule is CCCCCC(CC(=O)NCCCCCCC1CC(C)(C)NC(C)(C)C1)C1CC(C)(C)NC(C)(C)C1. The highest BCUT2D eigenvalue weighted by Gasteiger charge is 2.41. The zero-order valence-electron chi connectivity index (χ0n) is 25.7. The van der Waals surface area contributed by atoms with Crippen LogP contribution in [0.1, 0.15) is 152 Å². The van der Waals surface area contributed by atoms with Gasteiger partial charge in [0.1, 0.15) is 0 Å². The molecule has 0 aromatic carbocycles. The second kappa shape index (κ2) is 13.5. The maximum atomic E-state index is 12.9. The third-order valence-electron chi connectivity index (χ3n) is 8.65. The molecule has 2 aliphatic heterocycles. The van der Waals surface area contributed by atoms with Crippen molar-refractivity contribution in [3.8, 4) is 0 Å². The van der Waals surface area contributed by atoms with Crippen LogP contribution >= 0.6 is 0 Å². The van der Waals surface area contributed by atoms with Crippen LogP contribution in [0.15, 0.2) is 0 Å². The van der Waals surface area contributed by atoms with Gasteiger partial charge in [-0.1, -0.05) is 51.9 Å². The molecule has 1 atom stereocenters. The first kappa shape index (κ1) is 31.6. The number of unbranched alkanes of at least 4 members (excludes halogenated alkanes) is 5. The summed E-state index contributed by atoms with van der Waals surface area (Å²) < 4.78 is 0. The van der Waals surface area contributed by atoms with Gasteiger partial charge in [0.15, 0.2) is 0 Å². The monoisotopic (exact) mass is 505 g/mol. The molecule has 0 saturated carbocycles. The minimum Gasteiger partial charge on any atom is -0.356 e. The third kappa shape index (κ3) is 11.8. The highest BCUT2D eigenvalue weighted by molar-refractivity contribution is 5.76. The molecule has 2 saturated heterocycles. The van der Waals surface area contributed by atoms with Gasteiger partial charge in [0, 0.05) is 35.1 Å². The molecule has 0 spiro atoms. The first-order valence-corrected chi connectivity index (χ1v) is 15.5. The summed E-state index contributed by atoms with van der Waals surface area (Å²) in [5.41, 5.74) is 0.798. The summed E-state index contributed by atoms with van der Waals surface area (Å²) in [6, 6.07) is 0. The summed E-state index contributed by atoms with van der Waals surface area (Å²) >= 11 is 0. The van der Waals surface area contributed by atoms with Crippen LogP contribution in [0, 0.1) is 17.8 Å². The van der Waals surface area contributed by atoms with Crippen molar-refractivity contribution >= 4 is 5.91 Å². The summed E-state index contributed by atoms with van der Waals surface area (Å²) in [5.74, 6) is 2.26. The highest BCUT2D eigenvalue weighted by atomic mass is 16.1. The van der Waals surface area contributed by atoms with E-state index in [1.165, 1.54) is 77.0 Å². The quantitative estimate of drug-likeness (QED) is 0.211. The van der Waals surface area contributed by atoms with Crippen LogP contribution in [-0.4, -0.2) is 34.6 Å². The van der Waals surface area contributed by atoms with Crippen LogP contribution < -0.4 is 16.0 Å². The van der Waals surface area contributed by atoms with Gasteiger partial charge >= 0.3 is 0 Å². The van der Waals surface area contributed by atoms with Crippen molar-refractivity contribution in [2.45, 2.75) is 174 Å². The maximum absolute atomic E-state index is 12.9. The van der Waals surface area contributed by atoms with Gasteiger partial charge in [-0.3, -0.25) is 4.79 Å². The van der Waals surface area contributed by atoms with E-state index in [1.54, 1.807) is 0 Å². The van der Waals surface area contributed by atoms with Crippen molar-refractivity contribution in [1.29, 1.82) is 0 Å². The molecule has 0 aliphatic carbocycles. The van der Waals surface area contributed by atoms with Gasteiger partial charge in [-0.15, -0.1) is 0 Å². The van der Waals surface area contributed by atoms with E-state index in [0.717, 1.165) is 18.9 Å². The predicted molar refractivity (Wildman–Crippen MR) is 156 cm³/mol. The van der Waals surface area contributed by atoms with E-state index in [-0.39, 0.29) is 28.1 Å². The third-order valence-corrected chi connectivity index (χ3v) is 8.65. The van der Waals surface area contributed by atoms with Crippen molar-refractivity contribution in [3.63, 3.8) is 0 Å². The van der Waals surface area contributed by atoms with Crippen molar-refractivity contribution in [2.24, 2.45) is 17.8 Å². The highest BCUT2D eigenvalue weighted by Crippen LogP contribution is 2.40. The predicted octanol–water partition coefficient (Wildman–Crippen LogP) is 7.75. The Morgan fingerprint density at radius 2 is 1.28 bits per heavy atom. The average molecular weight is 506 g/mol. The lowest BCUT2D eigenvalue weighted by molar-refractivity contribution is -0.122. The molecule has 1 unspecified atom stereocenters. The minimum absolute atomic E-state index is 0.144. The van der Waals surface area contributed by atoms with Gasteiger partial charge in [-0.25, -0.2) is 0 Å². The van der Waals surface area contributed by atoms with E-state index >= 15 is 0 Å². The van der Waals surface area contributed by atoms with Crippen LogP contribution in [0.5, 0.6) is 0 Å². The molecule has 2 aliphatic rings. The molecular formula is C32H63N3O. The summed E-state index contributed by atoms with van der Waals surface area (Å²) in [6.45, 7) is 21.8.